The molecule has 0 spiro atoms. The van der Waals surface area contributed by atoms with Crippen molar-refractivity contribution in [2.24, 2.45) is 0 Å². The summed E-state index contributed by atoms with van der Waals surface area (Å²) >= 11 is 1.57. The van der Waals surface area contributed by atoms with Gasteiger partial charge in [0.15, 0.2) is 0 Å². The SMILES string of the molecule is COc1ccc(N)c(C(=O)Nc2ccccc2SC)c1. The second-order valence-corrected chi connectivity index (χ2v) is 4.96. The Bertz CT molecular complexity index is 629. The molecule has 4 nitrogen and oxygen atoms in total. The average molecular weight is 288 g/mol. The summed E-state index contributed by atoms with van der Waals surface area (Å²) in [6.45, 7) is 0. The number of methoxy groups -OCH3 is 1. The molecule has 0 fully saturated rings. The van der Waals surface area contributed by atoms with Gasteiger partial charge in [0.05, 0.1) is 18.4 Å². The molecular formula is C15H16N2O2S. The van der Waals surface area contributed by atoms with Gasteiger partial charge in [-0.05, 0) is 36.6 Å². The topological polar surface area (TPSA) is 64.3 Å². The molecule has 20 heavy (non-hydrogen) atoms. The summed E-state index contributed by atoms with van der Waals surface area (Å²) in [6, 6.07) is 12.6. The fourth-order valence-electron chi connectivity index (χ4n) is 1.80. The number of amides is 1. The highest BCUT2D eigenvalue weighted by atomic mass is 32.2. The number of carbonyl (C=O) groups excluding carboxylic acids is 1. The monoisotopic (exact) mass is 288 g/mol. The maximum Gasteiger partial charge on any atom is 0.257 e. The zero-order valence-corrected chi connectivity index (χ0v) is 12.2. The molecule has 0 aliphatic rings. The number of carbonyl (C=O) groups is 1. The normalized spacial score (nSPS) is 10.1. The smallest absolute Gasteiger partial charge is 0.257 e. The summed E-state index contributed by atoms with van der Waals surface area (Å²) in [7, 11) is 1.55. The van der Waals surface area contributed by atoms with E-state index in [4.69, 9.17) is 10.5 Å². The third-order valence-electron chi connectivity index (χ3n) is 2.86. The van der Waals surface area contributed by atoms with Crippen molar-refractivity contribution in [1.82, 2.24) is 0 Å². The molecular weight excluding hydrogens is 272 g/mol. The Morgan fingerprint density at radius 2 is 2.00 bits per heavy atom. The maximum atomic E-state index is 12.3. The first-order chi connectivity index (χ1) is 9.65. The van der Waals surface area contributed by atoms with Gasteiger partial charge in [-0.2, -0.15) is 0 Å². The molecule has 2 aromatic carbocycles. The van der Waals surface area contributed by atoms with Crippen molar-refractivity contribution in [1.29, 1.82) is 0 Å². The van der Waals surface area contributed by atoms with Crippen LogP contribution in [0.2, 0.25) is 0 Å². The van der Waals surface area contributed by atoms with E-state index in [9.17, 15) is 4.79 Å². The van der Waals surface area contributed by atoms with Crippen LogP contribution in [-0.2, 0) is 0 Å². The fraction of sp³-hybridized carbons (Fsp3) is 0.133. The number of thioether (sulfide) groups is 1. The number of nitrogens with one attached hydrogen (secondary N) is 1. The van der Waals surface area contributed by atoms with Gasteiger partial charge in [0, 0.05) is 10.6 Å². The summed E-state index contributed by atoms with van der Waals surface area (Å²) in [5.41, 5.74) is 7.44. The van der Waals surface area contributed by atoms with Crippen LogP contribution in [0.3, 0.4) is 0 Å². The van der Waals surface area contributed by atoms with Gasteiger partial charge in [0.25, 0.3) is 5.91 Å². The minimum absolute atomic E-state index is 0.247. The Kier molecular flexibility index (Phi) is 4.53. The molecule has 104 valence electrons. The van der Waals surface area contributed by atoms with E-state index in [1.54, 1.807) is 37.1 Å². The number of nitrogens with two attached hydrogens (primary N) is 1. The highest BCUT2D eigenvalue weighted by Gasteiger charge is 2.12. The van der Waals surface area contributed by atoms with Crippen LogP contribution in [0.15, 0.2) is 47.4 Å². The first-order valence-electron chi connectivity index (χ1n) is 6.03. The third kappa shape index (κ3) is 3.05. The largest absolute Gasteiger partial charge is 0.497 e. The van der Waals surface area contributed by atoms with E-state index in [1.807, 2.05) is 30.5 Å². The fourth-order valence-corrected chi connectivity index (χ4v) is 2.35. The first-order valence-corrected chi connectivity index (χ1v) is 7.26. The van der Waals surface area contributed by atoms with Gasteiger partial charge in [-0.3, -0.25) is 4.79 Å². The van der Waals surface area contributed by atoms with E-state index < -0.39 is 0 Å². The molecule has 0 bridgehead atoms. The lowest BCUT2D eigenvalue weighted by molar-refractivity contribution is 0.102. The van der Waals surface area contributed by atoms with Gasteiger partial charge in [-0.1, -0.05) is 12.1 Å². The Morgan fingerprint density at radius 1 is 1.25 bits per heavy atom. The van der Waals surface area contributed by atoms with E-state index >= 15 is 0 Å². The Hall–Kier alpha value is -2.14. The second kappa shape index (κ2) is 6.34. The molecule has 2 rings (SSSR count). The van der Waals surface area contributed by atoms with Gasteiger partial charge in [-0.25, -0.2) is 0 Å². The molecule has 0 aromatic heterocycles. The van der Waals surface area contributed by atoms with Crippen LogP contribution < -0.4 is 15.8 Å². The van der Waals surface area contributed by atoms with Gasteiger partial charge in [0.2, 0.25) is 0 Å². The summed E-state index contributed by atoms with van der Waals surface area (Å²) in [6.07, 6.45) is 1.96. The molecule has 0 aliphatic carbocycles. The van der Waals surface area contributed by atoms with Crippen LogP contribution in [0, 0.1) is 0 Å². The molecule has 0 heterocycles. The van der Waals surface area contributed by atoms with Crippen molar-refractivity contribution in [2.75, 3.05) is 24.4 Å². The summed E-state index contributed by atoms with van der Waals surface area (Å²) in [5, 5.41) is 2.87. The Morgan fingerprint density at radius 3 is 2.70 bits per heavy atom. The number of ether oxygens (including phenoxy) is 1. The predicted molar refractivity (Wildman–Crippen MR) is 83.6 cm³/mol. The van der Waals surface area contributed by atoms with Crippen molar-refractivity contribution in [3.8, 4) is 5.75 Å². The lowest BCUT2D eigenvalue weighted by Crippen LogP contribution is -2.14. The molecule has 1 amide bonds. The molecule has 0 aliphatic heterocycles. The lowest BCUT2D eigenvalue weighted by atomic mass is 10.1. The standard InChI is InChI=1S/C15H16N2O2S/c1-19-10-7-8-12(16)11(9-10)15(18)17-13-5-3-4-6-14(13)20-2/h3-9H,16H2,1-2H3,(H,17,18). The molecule has 5 heteroatoms. The quantitative estimate of drug-likeness (QED) is 0.669. The van der Waals surface area contributed by atoms with E-state index in [1.165, 1.54) is 0 Å². The highest BCUT2D eigenvalue weighted by Crippen LogP contribution is 2.26. The van der Waals surface area contributed by atoms with Crippen molar-refractivity contribution in [3.05, 3.63) is 48.0 Å². The van der Waals surface area contributed by atoms with Crippen LogP contribution in [0.1, 0.15) is 10.4 Å². The summed E-state index contributed by atoms with van der Waals surface area (Å²) < 4.78 is 5.12. The summed E-state index contributed by atoms with van der Waals surface area (Å²) in [5.74, 6) is 0.352. The van der Waals surface area contributed by atoms with Crippen LogP contribution in [-0.4, -0.2) is 19.3 Å². The minimum Gasteiger partial charge on any atom is -0.497 e. The van der Waals surface area contributed by atoms with E-state index in [0.717, 1.165) is 10.6 Å². The van der Waals surface area contributed by atoms with Gasteiger partial charge < -0.3 is 15.8 Å². The third-order valence-corrected chi connectivity index (χ3v) is 3.66. The van der Waals surface area contributed by atoms with E-state index in [0.29, 0.717) is 17.0 Å². The lowest BCUT2D eigenvalue weighted by Gasteiger charge is -2.11. The number of benzene rings is 2. The van der Waals surface area contributed by atoms with Crippen molar-refractivity contribution >= 4 is 29.0 Å². The molecule has 2 aromatic rings. The molecule has 0 unspecified atom stereocenters. The number of hydrogen-bond donors (Lipinski definition) is 2. The van der Waals surface area contributed by atoms with Crippen molar-refractivity contribution < 1.29 is 9.53 Å². The van der Waals surface area contributed by atoms with Crippen LogP contribution in [0.4, 0.5) is 11.4 Å². The Balaban J connectivity index is 2.28. The minimum atomic E-state index is -0.247. The van der Waals surface area contributed by atoms with Crippen LogP contribution >= 0.6 is 11.8 Å². The number of rotatable bonds is 4. The zero-order chi connectivity index (χ0) is 14.5. The number of anilines is 2. The molecule has 0 saturated heterocycles. The maximum absolute atomic E-state index is 12.3. The van der Waals surface area contributed by atoms with Crippen molar-refractivity contribution in [2.45, 2.75) is 4.90 Å². The van der Waals surface area contributed by atoms with E-state index in [2.05, 4.69) is 5.32 Å². The second-order valence-electron chi connectivity index (χ2n) is 4.11. The number of para-hydroxylation sites is 1. The summed E-state index contributed by atoms with van der Waals surface area (Å²) in [4.78, 5) is 13.3. The Labute approximate surface area is 122 Å². The number of nitrogen functional groups attached to an aromatic ring is 1. The van der Waals surface area contributed by atoms with Crippen molar-refractivity contribution in [3.63, 3.8) is 0 Å². The van der Waals surface area contributed by atoms with Gasteiger partial charge in [-0.15, -0.1) is 11.8 Å². The predicted octanol–water partition coefficient (Wildman–Crippen LogP) is 3.25. The highest BCUT2D eigenvalue weighted by molar-refractivity contribution is 7.98. The van der Waals surface area contributed by atoms with Crippen LogP contribution in [0.5, 0.6) is 5.75 Å². The van der Waals surface area contributed by atoms with Gasteiger partial charge >= 0.3 is 0 Å². The van der Waals surface area contributed by atoms with Crippen LogP contribution in [0.25, 0.3) is 0 Å². The molecule has 3 N–H and O–H groups in total. The van der Waals surface area contributed by atoms with Gasteiger partial charge in [0.1, 0.15) is 5.75 Å². The average Bonchev–Trinajstić information content (AvgIpc) is 2.48. The molecule has 0 radical (unpaired) electrons. The molecule has 0 saturated carbocycles. The first kappa shape index (κ1) is 14.3. The molecule has 0 atom stereocenters. The number of hydrogen-bond acceptors (Lipinski definition) is 4. The van der Waals surface area contributed by atoms with E-state index in [-0.39, 0.29) is 5.91 Å². The zero-order valence-electron chi connectivity index (χ0n) is 11.3.